The number of hydrogen-bond acceptors (Lipinski definition) is 3. The third-order valence-corrected chi connectivity index (χ3v) is 4.71. The smallest absolute Gasteiger partial charge is 0.227 e. The molecule has 0 atom stereocenters. The van der Waals surface area contributed by atoms with Gasteiger partial charge < -0.3 is 9.80 Å². The number of halogens is 1. The maximum atomic E-state index is 12.3. The van der Waals surface area contributed by atoms with Crippen LogP contribution in [0.3, 0.4) is 0 Å². The molecule has 1 fully saturated rings. The lowest BCUT2D eigenvalue weighted by Gasteiger charge is -2.36. The highest BCUT2D eigenvalue weighted by Gasteiger charge is 2.21. The molecule has 1 aromatic heterocycles. The number of piperazine rings is 1. The quantitative estimate of drug-likeness (QED) is 0.866. The maximum Gasteiger partial charge on any atom is 0.227 e. The summed E-state index contributed by atoms with van der Waals surface area (Å²) in [5.41, 5.74) is 2.25. The zero-order chi connectivity index (χ0) is 14.7. The van der Waals surface area contributed by atoms with Crippen LogP contribution in [0.2, 0.25) is 5.02 Å². The summed E-state index contributed by atoms with van der Waals surface area (Å²) in [6, 6.07) is 9.90. The molecule has 1 amide bonds. The van der Waals surface area contributed by atoms with Crippen molar-refractivity contribution >= 4 is 34.5 Å². The molecule has 2 aromatic rings. The van der Waals surface area contributed by atoms with E-state index in [0.717, 1.165) is 42.5 Å². The summed E-state index contributed by atoms with van der Waals surface area (Å²) in [7, 11) is 0. The summed E-state index contributed by atoms with van der Waals surface area (Å²) in [5.74, 6) is 0.221. The van der Waals surface area contributed by atoms with Crippen molar-refractivity contribution in [2.75, 3.05) is 31.1 Å². The van der Waals surface area contributed by atoms with Crippen LogP contribution in [0.15, 0.2) is 41.1 Å². The third-order valence-electron chi connectivity index (χ3n) is 3.74. The van der Waals surface area contributed by atoms with Gasteiger partial charge in [0.05, 0.1) is 6.42 Å². The number of rotatable bonds is 3. The topological polar surface area (TPSA) is 23.6 Å². The average Bonchev–Trinajstić information content (AvgIpc) is 3.00. The Morgan fingerprint density at radius 1 is 1.19 bits per heavy atom. The number of hydrogen-bond donors (Lipinski definition) is 0. The number of anilines is 1. The van der Waals surface area contributed by atoms with E-state index >= 15 is 0 Å². The molecule has 1 aromatic carbocycles. The SMILES string of the molecule is O=C(Cc1ccsc1)N1CCN(c2cccc(Cl)c2)CC1. The van der Waals surface area contributed by atoms with Crippen LogP contribution >= 0.6 is 22.9 Å². The molecule has 0 bridgehead atoms. The van der Waals surface area contributed by atoms with E-state index in [1.54, 1.807) is 11.3 Å². The highest BCUT2D eigenvalue weighted by Crippen LogP contribution is 2.21. The molecular weight excluding hydrogens is 304 g/mol. The molecule has 0 N–H and O–H groups in total. The van der Waals surface area contributed by atoms with E-state index in [4.69, 9.17) is 11.6 Å². The summed E-state index contributed by atoms with van der Waals surface area (Å²) in [6.07, 6.45) is 0.515. The monoisotopic (exact) mass is 320 g/mol. The van der Waals surface area contributed by atoms with E-state index in [-0.39, 0.29) is 5.91 Å². The minimum atomic E-state index is 0.221. The van der Waals surface area contributed by atoms with E-state index < -0.39 is 0 Å². The number of thiophene rings is 1. The first-order chi connectivity index (χ1) is 10.2. The fourth-order valence-electron chi connectivity index (χ4n) is 2.57. The van der Waals surface area contributed by atoms with Crippen molar-refractivity contribution in [1.82, 2.24) is 4.90 Å². The van der Waals surface area contributed by atoms with Crippen molar-refractivity contribution in [3.63, 3.8) is 0 Å². The number of carbonyl (C=O) groups is 1. The van der Waals surface area contributed by atoms with Gasteiger partial charge in [-0.25, -0.2) is 0 Å². The van der Waals surface area contributed by atoms with Crippen molar-refractivity contribution in [2.45, 2.75) is 6.42 Å². The molecular formula is C16H17ClN2OS. The predicted molar refractivity (Wildman–Crippen MR) is 88.3 cm³/mol. The van der Waals surface area contributed by atoms with Crippen molar-refractivity contribution in [3.05, 3.63) is 51.7 Å². The van der Waals surface area contributed by atoms with E-state index in [9.17, 15) is 4.79 Å². The van der Waals surface area contributed by atoms with Crippen molar-refractivity contribution in [2.24, 2.45) is 0 Å². The van der Waals surface area contributed by atoms with E-state index in [1.165, 1.54) is 0 Å². The van der Waals surface area contributed by atoms with Crippen LogP contribution in [-0.4, -0.2) is 37.0 Å². The molecule has 3 rings (SSSR count). The Bertz CT molecular complexity index is 606. The van der Waals surface area contributed by atoms with Gasteiger partial charge in [0.15, 0.2) is 0 Å². The first-order valence-electron chi connectivity index (χ1n) is 7.02. The molecule has 0 unspecified atom stereocenters. The van der Waals surface area contributed by atoms with E-state index in [0.29, 0.717) is 6.42 Å². The molecule has 0 spiro atoms. The van der Waals surface area contributed by atoms with Gasteiger partial charge in [-0.15, -0.1) is 0 Å². The van der Waals surface area contributed by atoms with Gasteiger partial charge in [0.25, 0.3) is 0 Å². The molecule has 1 aliphatic rings. The maximum absolute atomic E-state index is 12.3. The summed E-state index contributed by atoms with van der Waals surface area (Å²) >= 11 is 7.67. The molecule has 1 saturated heterocycles. The zero-order valence-corrected chi connectivity index (χ0v) is 13.2. The lowest BCUT2D eigenvalue weighted by Crippen LogP contribution is -2.49. The Hall–Kier alpha value is -1.52. The van der Waals surface area contributed by atoms with Crippen molar-refractivity contribution < 1.29 is 4.79 Å². The predicted octanol–water partition coefficient (Wildman–Crippen LogP) is 3.29. The molecule has 0 radical (unpaired) electrons. The minimum Gasteiger partial charge on any atom is -0.368 e. The van der Waals surface area contributed by atoms with Crippen molar-refractivity contribution in [1.29, 1.82) is 0 Å². The fraction of sp³-hybridized carbons (Fsp3) is 0.312. The average molecular weight is 321 g/mol. The highest BCUT2D eigenvalue weighted by molar-refractivity contribution is 7.08. The number of nitrogens with zero attached hydrogens (tertiary/aromatic N) is 2. The number of amides is 1. The van der Waals surface area contributed by atoms with Crippen LogP contribution in [0.25, 0.3) is 0 Å². The molecule has 3 nitrogen and oxygen atoms in total. The second-order valence-electron chi connectivity index (χ2n) is 5.16. The molecule has 0 saturated carbocycles. The second kappa shape index (κ2) is 6.50. The van der Waals surface area contributed by atoms with Crippen LogP contribution in [0.5, 0.6) is 0 Å². The van der Waals surface area contributed by atoms with Crippen LogP contribution in [0.4, 0.5) is 5.69 Å². The van der Waals surface area contributed by atoms with Gasteiger partial charge in [0.2, 0.25) is 5.91 Å². The minimum absolute atomic E-state index is 0.221. The standard InChI is InChI=1S/C16H17ClN2OS/c17-14-2-1-3-15(11-14)18-5-7-19(8-6-18)16(20)10-13-4-9-21-12-13/h1-4,9,11-12H,5-8,10H2. The van der Waals surface area contributed by atoms with Gasteiger partial charge in [-0.1, -0.05) is 17.7 Å². The first-order valence-corrected chi connectivity index (χ1v) is 8.34. The van der Waals surface area contributed by atoms with Gasteiger partial charge in [0.1, 0.15) is 0 Å². The zero-order valence-electron chi connectivity index (χ0n) is 11.7. The Morgan fingerprint density at radius 2 is 2.00 bits per heavy atom. The van der Waals surface area contributed by atoms with Crippen LogP contribution in [-0.2, 0) is 11.2 Å². The highest BCUT2D eigenvalue weighted by atomic mass is 35.5. The molecule has 1 aliphatic heterocycles. The summed E-state index contributed by atoms with van der Waals surface area (Å²) in [6.45, 7) is 3.26. The second-order valence-corrected chi connectivity index (χ2v) is 6.37. The molecule has 2 heterocycles. The first kappa shape index (κ1) is 14.4. The Balaban J connectivity index is 1.56. The largest absolute Gasteiger partial charge is 0.368 e. The lowest BCUT2D eigenvalue weighted by molar-refractivity contribution is -0.130. The Kier molecular flexibility index (Phi) is 4.46. The summed E-state index contributed by atoms with van der Waals surface area (Å²) < 4.78 is 0. The number of benzene rings is 1. The third kappa shape index (κ3) is 3.57. The summed E-state index contributed by atoms with van der Waals surface area (Å²) in [5, 5.41) is 4.81. The van der Waals surface area contributed by atoms with Crippen molar-refractivity contribution in [3.8, 4) is 0 Å². The molecule has 5 heteroatoms. The van der Waals surface area contributed by atoms with Crippen LogP contribution < -0.4 is 4.90 Å². The lowest BCUT2D eigenvalue weighted by atomic mass is 10.2. The Labute approximate surface area is 133 Å². The van der Waals surface area contributed by atoms with Gasteiger partial charge in [-0.2, -0.15) is 11.3 Å². The Morgan fingerprint density at radius 3 is 2.67 bits per heavy atom. The molecule has 21 heavy (non-hydrogen) atoms. The molecule has 110 valence electrons. The van der Waals surface area contributed by atoms with Gasteiger partial charge >= 0.3 is 0 Å². The van der Waals surface area contributed by atoms with E-state index in [2.05, 4.69) is 11.0 Å². The normalized spacial score (nSPS) is 15.3. The van der Waals surface area contributed by atoms with Gasteiger partial charge in [-0.05, 0) is 40.6 Å². The fourth-order valence-corrected chi connectivity index (χ4v) is 3.42. The summed E-state index contributed by atoms with van der Waals surface area (Å²) in [4.78, 5) is 16.5. The van der Waals surface area contributed by atoms with Gasteiger partial charge in [0, 0.05) is 36.9 Å². The van der Waals surface area contributed by atoms with E-state index in [1.807, 2.05) is 39.9 Å². The number of carbonyl (C=O) groups excluding carboxylic acids is 1. The molecule has 0 aliphatic carbocycles. The van der Waals surface area contributed by atoms with Gasteiger partial charge in [-0.3, -0.25) is 4.79 Å². The van der Waals surface area contributed by atoms with Crippen LogP contribution in [0, 0.1) is 0 Å². The van der Waals surface area contributed by atoms with Crippen LogP contribution in [0.1, 0.15) is 5.56 Å².